The van der Waals surface area contributed by atoms with Gasteiger partial charge in [-0.25, -0.2) is 27.3 Å². The number of fused-ring (bicyclic) bond motifs is 1. The molecule has 0 bridgehead atoms. The Morgan fingerprint density at radius 2 is 1.58 bits per heavy atom. The third kappa shape index (κ3) is 4.39. The topological polar surface area (TPSA) is 122 Å². The SMILES string of the molecule is COc1cc(-n2cnc(Nc3nc(C)nc4c3ccn4S(=O)(=O)c3ccc(C)cc3)c2)cc(OC)c1OC. The molecule has 1 N–H and O–H groups in total. The van der Waals surface area contributed by atoms with E-state index >= 15 is 0 Å². The first-order valence-corrected chi connectivity index (χ1v) is 13.0. The van der Waals surface area contributed by atoms with Crippen LogP contribution in [0.25, 0.3) is 16.7 Å². The van der Waals surface area contributed by atoms with Gasteiger partial charge < -0.3 is 24.1 Å². The van der Waals surface area contributed by atoms with Crippen molar-refractivity contribution < 1.29 is 22.6 Å². The van der Waals surface area contributed by atoms with Crippen molar-refractivity contribution in [2.45, 2.75) is 18.7 Å². The molecule has 11 nitrogen and oxygen atoms in total. The van der Waals surface area contributed by atoms with Gasteiger partial charge in [0, 0.05) is 18.3 Å². The Bertz CT molecular complexity index is 1720. The second kappa shape index (κ2) is 9.71. The number of anilines is 2. The lowest BCUT2D eigenvalue weighted by Gasteiger charge is -2.14. The summed E-state index contributed by atoms with van der Waals surface area (Å²) in [4.78, 5) is 13.5. The first-order valence-electron chi connectivity index (χ1n) is 11.5. The highest BCUT2D eigenvalue weighted by molar-refractivity contribution is 7.90. The Kier molecular flexibility index (Phi) is 6.41. The molecule has 5 aromatic rings. The standard InChI is InChI=1S/C26H26N6O5S/c1-16-6-8-19(9-7-16)38(33,34)32-11-10-20-25(28-17(2)29-26(20)32)30-23-14-31(15-27-23)18-12-21(35-3)24(37-5)22(13-18)36-4/h6-15H,1-5H3,(H,28,29,30). The van der Waals surface area contributed by atoms with Crippen LogP contribution in [0.3, 0.4) is 0 Å². The van der Waals surface area contributed by atoms with E-state index in [-0.39, 0.29) is 10.5 Å². The first kappa shape index (κ1) is 25.1. The molecule has 3 heterocycles. The van der Waals surface area contributed by atoms with Gasteiger partial charge in [0.1, 0.15) is 23.8 Å². The van der Waals surface area contributed by atoms with Crippen LogP contribution < -0.4 is 19.5 Å². The molecule has 0 saturated heterocycles. The van der Waals surface area contributed by atoms with Gasteiger partial charge in [-0.3, -0.25) is 0 Å². The number of imidazole rings is 1. The summed E-state index contributed by atoms with van der Waals surface area (Å²) in [5, 5.41) is 3.73. The molecular weight excluding hydrogens is 508 g/mol. The summed E-state index contributed by atoms with van der Waals surface area (Å²) < 4.78 is 45.9. The number of benzene rings is 2. The monoisotopic (exact) mass is 534 g/mol. The van der Waals surface area contributed by atoms with E-state index in [1.165, 1.54) is 10.2 Å². The normalized spacial score (nSPS) is 11.5. The van der Waals surface area contributed by atoms with Gasteiger partial charge in [-0.05, 0) is 32.0 Å². The van der Waals surface area contributed by atoms with Crippen molar-refractivity contribution in [2.75, 3.05) is 26.6 Å². The Morgan fingerprint density at radius 1 is 0.895 bits per heavy atom. The predicted octanol–water partition coefficient (Wildman–Crippen LogP) is 4.24. The van der Waals surface area contributed by atoms with Crippen LogP contribution in [0.5, 0.6) is 17.2 Å². The Morgan fingerprint density at radius 3 is 2.21 bits per heavy atom. The molecule has 5 rings (SSSR count). The van der Waals surface area contributed by atoms with Crippen LogP contribution in [0.1, 0.15) is 11.4 Å². The smallest absolute Gasteiger partial charge is 0.269 e. The zero-order chi connectivity index (χ0) is 27.0. The zero-order valence-electron chi connectivity index (χ0n) is 21.5. The summed E-state index contributed by atoms with van der Waals surface area (Å²) in [6, 6.07) is 12.0. The highest BCUT2D eigenvalue weighted by Gasteiger charge is 2.22. The highest BCUT2D eigenvalue weighted by atomic mass is 32.2. The van der Waals surface area contributed by atoms with Crippen molar-refractivity contribution in [3.63, 3.8) is 0 Å². The van der Waals surface area contributed by atoms with Crippen LogP contribution in [0.2, 0.25) is 0 Å². The maximum Gasteiger partial charge on any atom is 0.269 e. The molecule has 3 aromatic heterocycles. The van der Waals surface area contributed by atoms with Crippen LogP contribution in [-0.2, 0) is 10.0 Å². The minimum atomic E-state index is -3.85. The van der Waals surface area contributed by atoms with Gasteiger partial charge in [-0.2, -0.15) is 0 Å². The lowest BCUT2D eigenvalue weighted by atomic mass is 10.2. The van der Waals surface area contributed by atoms with E-state index in [0.29, 0.717) is 40.1 Å². The second-order valence-electron chi connectivity index (χ2n) is 8.46. The number of aryl methyl sites for hydroxylation is 2. The van der Waals surface area contributed by atoms with Crippen molar-refractivity contribution in [3.8, 4) is 22.9 Å². The predicted molar refractivity (Wildman–Crippen MR) is 143 cm³/mol. The molecular formula is C26H26N6O5S. The summed E-state index contributed by atoms with van der Waals surface area (Å²) in [6.45, 7) is 3.61. The fourth-order valence-electron chi connectivity index (χ4n) is 4.08. The number of aromatic nitrogens is 5. The van der Waals surface area contributed by atoms with E-state index in [4.69, 9.17) is 14.2 Å². The number of hydrogen-bond acceptors (Lipinski definition) is 9. The minimum Gasteiger partial charge on any atom is -0.493 e. The maximum absolute atomic E-state index is 13.3. The summed E-state index contributed by atoms with van der Waals surface area (Å²) in [7, 11) is 0.796. The molecule has 0 radical (unpaired) electrons. The van der Waals surface area contributed by atoms with Gasteiger partial charge in [-0.15, -0.1) is 0 Å². The van der Waals surface area contributed by atoms with E-state index in [1.807, 2.05) is 6.92 Å². The lowest BCUT2D eigenvalue weighted by molar-refractivity contribution is 0.324. The summed E-state index contributed by atoms with van der Waals surface area (Å²) in [5.74, 6) is 2.83. The van der Waals surface area contributed by atoms with Crippen molar-refractivity contribution in [1.82, 2.24) is 23.5 Å². The van der Waals surface area contributed by atoms with E-state index in [0.717, 1.165) is 11.3 Å². The van der Waals surface area contributed by atoms with Crippen LogP contribution in [0, 0.1) is 13.8 Å². The molecule has 0 atom stereocenters. The van der Waals surface area contributed by atoms with Crippen molar-refractivity contribution in [1.29, 1.82) is 0 Å². The van der Waals surface area contributed by atoms with E-state index < -0.39 is 10.0 Å². The Labute approximate surface area is 219 Å². The Balaban J connectivity index is 1.51. The van der Waals surface area contributed by atoms with Crippen molar-refractivity contribution in [3.05, 3.63) is 72.6 Å². The van der Waals surface area contributed by atoms with Crippen LogP contribution in [0.4, 0.5) is 11.6 Å². The maximum atomic E-state index is 13.3. The number of hydrogen-bond donors (Lipinski definition) is 1. The fraction of sp³-hybridized carbons (Fsp3) is 0.192. The second-order valence-corrected chi connectivity index (χ2v) is 10.3. The van der Waals surface area contributed by atoms with Gasteiger partial charge in [0.2, 0.25) is 5.75 Å². The van der Waals surface area contributed by atoms with E-state index in [2.05, 4.69) is 20.3 Å². The molecule has 38 heavy (non-hydrogen) atoms. The lowest BCUT2D eigenvalue weighted by Crippen LogP contribution is -2.13. The average molecular weight is 535 g/mol. The van der Waals surface area contributed by atoms with Crippen LogP contribution in [0.15, 0.2) is 66.1 Å². The van der Waals surface area contributed by atoms with E-state index in [9.17, 15) is 8.42 Å². The van der Waals surface area contributed by atoms with Gasteiger partial charge in [0.25, 0.3) is 10.0 Å². The molecule has 0 saturated carbocycles. The van der Waals surface area contributed by atoms with Crippen LogP contribution in [-0.4, -0.2) is 53.2 Å². The van der Waals surface area contributed by atoms with Crippen molar-refractivity contribution in [2.24, 2.45) is 0 Å². The van der Waals surface area contributed by atoms with Gasteiger partial charge in [0.15, 0.2) is 17.1 Å². The molecule has 12 heteroatoms. The van der Waals surface area contributed by atoms with Gasteiger partial charge >= 0.3 is 0 Å². The number of rotatable bonds is 8. The first-order chi connectivity index (χ1) is 18.2. The Hall–Kier alpha value is -4.58. The molecule has 0 aliphatic heterocycles. The number of nitrogens with one attached hydrogen (secondary N) is 1. The third-order valence-electron chi connectivity index (χ3n) is 5.98. The number of ether oxygens (including phenoxy) is 3. The number of methoxy groups -OCH3 is 3. The minimum absolute atomic E-state index is 0.176. The molecule has 0 amide bonds. The van der Waals surface area contributed by atoms with Crippen molar-refractivity contribution >= 4 is 32.7 Å². The largest absolute Gasteiger partial charge is 0.493 e. The molecule has 0 spiro atoms. The molecule has 0 aliphatic rings. The quantitative estimate of drug-likeness (QED) is 0.311. The molecule has 196 valence electrons. The summed E-state index contributed by atoms with van der Waals surface area (Å²) >= 11 is 0. The summed E-state index contributed by atoms with van der Waals surface area (Å²) in [6.07, 6.45) is 4.87. The van der Waals surface area contributed by atoms with Gasteiger partial charge in [0.05, 0.1) is 43.5 Å². The molecule has 0 fully saturated rings. The third-order valence-corrected chi connectivity index (χ3v) is 7.66. The molecule has 0 aliphatic carbocycles. The average Bonchev–Trinajstić information content (AvgIpc) is 3.55. The highest BCUT2D eigenvalue weighted by Crippen LogP contribution is 2.39. The molecule has 2 aromatic carbocycles. The van der Waals surface area contributed by atoms with Crippen LogP contribution >= 0.6 is 0 Å². The number of nitrogens with zero attached hydrogens (tertiary/aromatic N) is 5. The zero-order valence-corrected chi connectivity index (χ0v) is 22.3. The summed E-state index contributed by atoms with van der Waals surface area (Å²) in [5.41, 5.74) is 1.97. The van der Waals surface area contributed by atoms with Gasteiger partial charge in [-0.1, -0.05) is 17.7 Å². The van der Waals surface area contributed by atoms with E-state index in [1.54, 1.807) is 87.8 Å². The molecule has 0 unspecified atom stereocenters. The fourth-order valence-corrected chi connectivity index (χ4v) is 5.38.